The first-order valence-corrected chi connectivity index (χ1v) is 13.7. The van der Waals surface area contributed by atoms with E-state index in [1.807, 2.05) is 32.9 Å². The summed E-state index contributed by atoms with van der Waals surface area (Å²) in [5, 5.41) is 3.02. The monoisotopic (exact) mass is 572 g/mol. The smallest absolute Gasteiger partial charge is 0.357 e. The molecule has 1 aliphatic heterocycles. The molecule has 3 rings (SSSR count). The maximum atomic E-state index is 13.3. The molecule has 0 bridgehead atoms. The molecule has 0 aliphatic carbocycles. The van der Waals surface area contributed by atoms with Crippen LogP contribution in [0.25, 0.3) is 0 Å². The van der Waals surface area contributed by atoms with Crippen LogP contribution in [0.15, 0.2) is 59.6 Å². The molecule has 3 nitrogen and oxygen atoms in total. The van der Waals surface area contributed by atoms with Crippen LogP contribution in [0.5, 0.6) is 0 Å². The van der Waals surface area contributed by atoms with Gasteiger partial charge in [0.2, 0.25) is 5.91 Å². The number of carbonyl (C=O) groups excluding carboxylic acids is 1. The van der Waals surface area contributed by atoms with Gasteiger partial charge in [-0.15, -0.1) is 11.8 Å². The number of anilines is 1. The Hall–Kier alpha value is -2.62. The second-order valence-electron chi connectivity index (χ2n) is 11.0. The molecule has 0 spiro atoms. The molecule has 1 unspecified atom stereocenters. The van der Waals surface area contributed by atoms with Gasteiger partial charge in [-0.1, -0.05) is 58.9 Å². The standard InChI is InChI=1S/C29H34F6N2OS/c1-6-7-14-39-22-12-13-23-20(15-22)17-37(24(38)16-27(3,4)5)25(23)18(2)36-21-10-8-19(9-11-21)26(28(30,31)32)29(33,34)35/h8-13,15,25-26,36H,2,6-7,14,16-17H2,1,3-5H3. The fraction of sp³-hybridized carbons (Fsp3) is 0.483. The van der Waals surface area contributed by atoms with Crippen molar-refractivity contribution in [1.82, 2.24) is 4.90 Å². The first-order chi connectivity index (χ1) is 18.0. The fourth-order valence-electron chi connectivity index (χ4n) is 4.59. The Balaban J connectivity index is 1.87. The van der Waals surface area contributed by atoms with E-state index >= 15 is 0 Å². The minimum Gasteiger partial charge on any atom is -0.357 e. The zero-order valence-electron chi connectivity index (χ0n) is 22.5. The Bertz CT molecular complexity index is 1150. The number of amides is 1. The summed E-state index contributed by atoms with van der Waals surface area (Å²) in [6, 6.07) is 9.45. The molecule has 0 radical (unpaired) electrons. The van der Waals surface area contributed by atoms with Gasteiger partial charge in [0, 0.05) is 29.2 Å². The van der Waals surface area contributed by atoms with Crippen molar-refractivity contribution in [2.24, 2.45) is 5.41 Å². The second kappa shape index (κ2) is 11.9. The third-order valence-electron chi connectivity index (χ3n) is 6.36. The lowest BCUT2D eigenvalue weighted by atomic mass is 9.91. The molecule has 10 heteroatoms. The van der Waals surface area contributed by atoms with Crippen molar-refractivity contribution in [3.63, 3.8) is 0 Å². The molecule has 39 heavy (non-hydrogen) atoms. The summed E-state index contributed by atoms with van der Waals surface area (Å²) in [5.41, 5.74) is 1.40. The highest BCUT2D eigenvalue weighted by atomic mass is 32.2. The second-order valence-corrected chi connectivity index (χ2v) is 12.2. The van der Waals surface area contributed by atoms with Gasteiger partial charge in [-0.05, 0) is 58.5 Å². The van der Waals surface area contributed by atoms with E-state index in [0.29, 0.717) is 18.7 Å². The van der Waals surface area contributed by atoms with E-state index in [1.54, 1.807) is 16.7 Å². The Labute approximate surface area is 230 Å². The number of nitrogens with zero attached hydrogens (tertiary/aromatic N) is 1. The van der Waals surface area contributed by atoms with Crippen molar-refractivity contribution < 1.29 is 31.1 Å². The summed E-state index contributed by atoms with van der Waals surface area (Å²) in [6.45, 7) is 12.5. The zero-order chi connectivity index (χ0) is 29.2. The first kappa shape index (κ1) is 30.9. The highest BCUT2D eigenvalue weighted by Gasteiger charge is 2.57. The Morgan fingerprint density at radius 3 is 2.21 bits per heavy atom. The predicted molar refractivity (Wildman–Crippen MR) is 143 cm³/mol. The SMILES string of the molecule is C=C(Nc1ccc(C(C(F)(F)F)C(F)(F)F)cc1)C1c2ccc(SCCCC)cc2CN1C(=O)CC(C)(C)C. The number of rotatable bonds is 9. The van der Waals surface area contributed by atoms with Gasteiger partial charge in [0.25, 0.3) is 0 Å². The van der Waals surface area contributed by atoms with Crippen LogP contribution >= 0.6 is 11.8 Å². The number of nitrogens with one attached hydrogen (secondary N) is 1. The van der Waals surface area contributed by atoms with Crippen molar-refractivity contribution >= 4 is 23.4 Å². The molecule has 0 saturated heterocycles. The van der Waals surface area contributed by atoms with Gasteiger partial charge in [-0.25, -0.2) is 0 Å². The third-order valence-corrected chi connectivity index (χ3v) is 7.44. The number of hydrogen-bond donors (Lipinski definition) is 1. The fourth-order valence-corrected chi connectivity index (χ4v) is 5.65. The maximum Gasteiger partial charge on any atom is 0.404 e. The average molecular weight is 573 g/mol. The van der Waals surface area contributed by atoms with Crippen LogP contribution in [0, 0.1) is 5.41 Å². The number of halogens is 6. The average Bonchev–Trinajstić information content (AvgIpc) is 3.17. The van der Waals surface area contributed by atoms with Crippen molar-refractivity contribution in [3.05, 3.63) is 71.4 Å². The van der Waals surface area contributed by atoms with E-state index < -0.39 is 29.9 Å². The van der Waals surface area contributed by atoms with Crippen LogP contribution in [0.2, 0.25) is 0 Å². The number of hydrogen-bond acceptors (Lipinski definition) is 3. The summed E-state index contributed by atoms with van der Waals surface area (Å²) in [5.74, 6) is -2.65. The van der Waals surface area contributed by atoms with Crippen LogP contribution < -0.4 is 5.32 Å². The maximum absolute atomic E-state index is 13.3. The van der Waals surface area contributed by atoms with E-state index in [9.17, 15) is 31.1 Å². The van der Waals surface area contributed by atoms with Gasteiger partial charge in [0.05, 0.1) is 6.04 Å². The van der Waals surface area contributed by atoms with Crippen LogP contribution in [0.1, 0.15) is 75.6 Å². The Morgan fingerprint density at radius 1 is 1.05 bits per heavy atom. The normalized spacial score (nSPS) is 16.0. The van der Waals surface area contributed by atoms with Crippen LogP contribution in [-0.2, 0) is 11.3 Å². The molecular weight excluding hydrogens is 538 g/mol. The zero-order valence-corrected chi connectivity index (χ0v) is 23.3. The summed E-state index contributed by atoms with van der Waals surface area (Å²) >= 11 is 1.75. The van der Waals surface area contributed by atoms with Crippen LogP contribution in [0.3, 0.4) is 0 Å². The van der Waals surface area contributed by atoms with E-state index in [4.69, 9.17) is 0 Å². The van der Waals surface area contributed by atoms with Gasteiger partial charge in [0.1, 0.15) is 0 Å². The molecule has 1 aliphatic rings. The number of carbonyl (C=O) groups is 1. The molecule has 2 aromatic rings. The minimum absolute atomic E-state index is 0.0691. The summed E-state index contributed by atoms with van der Waals surface area (Å²) in [6.07, 6.45) is -8.45. The molecule has 1 atom stereocenters. The molecule has 0 aromatic heterocycles. The quantitative estimate of drug-likeness (QED) is 0.185. The number of thioether (sulfide) groups is 1. The van der Waals surface area contributed by atoms with Gasteiger partial charge < -0.3 is 10.2 Å². The number of unbranched alkanes of at least 4 members (excludes halogenated alkanes) is 1. The van der Waals surface area contributed by atoms with E-state index in [-0.39, 0.29) is 17.0 Å². The molecule has 2 aromatic carbocycles. The van der Waals surface area contributed by atoms with Gasteiger partial charge >= 0.3 is 12.4 Å². The molecule has 214 valence electrons. The highest BCUT2D eigenvalue weighted by Crippen LogP contribution is 2.47. The summed E-state index contributed by atoms with van der Waals surface area (Å²) in [7, 11) is 0. The van der Waals surface area contributed by atoms with Gasteiger partial charge in [-0.3, -0.25) is 4.79 Å². The first-order valence-electron chi connectivity index (χ1n) is 12.8. The Morgan fingerprint density at radius 2 is 1.67 bits per heavy atom. The van der Waals surface area contributed by atoms with Crippen LogP contribution in [0.4, 0.5) is 32.0 Å². The number of benzene rings is 2. The molecule has 1 heterocycles. The minimum atomic E-state index is -5.47. The summed E-state index contributed by atoms with van der Waals surface area (Å²) < 4.78 is 78.7. The molecular formula is C29H34F6N2OS. The van der Waals surface area contributed by atoms with Crippen molar-refractivity contribution in [2.45, 2.75) is 82.7 Å². The largest absolute Gasteiger partial charge is 0.404 e. The van der Waals surface area contributed by atoms with E-state index in [0.717, 1.165) is 58.9 Å². The van der Waals surface area contributed by atoms with Crippen molar-refractivity contribution in [1.29, 1.82) is 0 Å². The van der Waals surface area contributed by atoms with E-state index in [1.165, 1.54) is 0 Å². The molecule has 0 fully saturated rings. The molecule has 1 amide bonds. The van der Waals surface area contributed by atoms with Crippen LogP contribution in [-0.4, -0.2) is 28.9 Å². The lowest BCUT2D eigenvalue weighted by Crippen LogP contribution is -2.34. The molecule has 1 N–H and O–H groups in total. The van der Waals surface area contributed by atoms with E-state index in [2.05, 4.69) is 24.9 Å². The third kappa shape index (κ3) is 7.96. The van der Waals surface area contributed by atoms with Crippen molar-refractivity contribution in [3.8, 4) is 0 Å². The lowest BCUT2D eigenvalue weighted by Gasteiger charge is -2.30. The topological polar surface area (TPSA) is 32.3 Å². The number of alkyl halides is 6. The van der Waals surface area contributed by atoms with Crippen molar-refractivity contribution in [2.75, 3.05) is 11.1 Å². The lowest BCUT2D eigenvalue weighted by molar-refractivity contribution is -0.253. The summed E-state index contributed by atoms with van der Waals surface area (Å²) in [4.78, 5) is 16.2. The van der Waals surface area contributed by atoms with Gasteiger partial charge in [0.15, 0.2) is 5.92 Å². The predicted octanol–water partition coefficient (Wildman–Crippen LogP) is 9.23. The molecule has 0 saturated carbocycles. The highest BCUT2D eigenvalue weighted by molar-refractivity contribution is 7.99. The Kier molecular flexibility index (Phi) is 9.40. The number of fused-ring (bicyclic) bond motifs is 1. The van der Waals surface area contributed by atoms with Gasteiger partial charge in [-0.2, -0.15) is 26.3 Å².